The number of ether oxygens (including phenoxy) is 2. The lowest BCUT2D eigenvalue weighted by atomic mass is 9.70. The second kappa shape index (κ2) is 11.8. The van der Waals surface area contributed by atoms with Gasteiger partial charge in [0, 0.05) is 6.42 Å². The summed E-state index contributed by atoms with van der Waals surface area (Å²) in [5, 5.41) is 66.0. The maximum atomic E-state index is 11.9. The highest BCUT2D eigenvalue weighted by atomic mass is 16.5. The van der Waals surface area contributed by atoms with Crippen LogP contribution in [0.1, 0.15) is 38.3 Å². The van der Waals surface area contributed by atoms with E-state index in [2.05, 4.69) is 6.58 Å². The van der Waals surface area contributed by atoms with Crippen molar-refractivity contribution in [2.75, 3.05) is 19.8 Å². The smallest absolute Gasteiger partial charge is 0.147 e. The molecular weight excluding hydrogens is 440 g/mol. The molecule has 0 aliphatic carbocycles. The van der Waals surface area contributed by atoms with E-state index in [0.29, 0.717) is 30.3 Å². The van der Waals surface area contributed by atoms with Crippen molar-refractivity contribution < 1.29 is 40.1 Å². The zero-order chi connectivity index (χ0) is 25.5. The molecule has 188 valence electrons. The number of hydrogen-bond donors (Lipinski definition) is 6. The number of aliphatic hydroxyl groups is 6. The van der Waals surface area contributed by atoms with Crippen LogP contribution in [0.3, 0.4) is 0 Å². The van der Waals surface area contributed by atoms with Crippen molar-refractivity contribution in [3.63, 3.8) is 0 Å². The predicted molar refractivity (Wildman–Crippen MR) is 128 cm³/mol. The van der Waals surface area contributed by atoms with E-state index < -0.39 is 36.1 Å². The Balaban J connectivity index is 2.74. The zero-order valence-corrected chi connectivity index (χ0v) is 19.9. The molecule has 1 unspecified atom stereocenters. The van der Waals surface area contributed by atoms with E-state index in [0.717, 1.165) is 0 Å². The molecule has 0 radical (unpaired) electrons. The molecule has 0 aromatic heterocycles. The fraction of sp³-hybridized carbons (Fsp3) is 0.462. The Bertz CT molecular complexity index is 948. The van der Waals surface area contributed by atoms with Crippen LogP contribution in [0.25, 0.3) is 0 Å². The summed E-state index contributed by atoms with van der Waals surface area (Å²) in [4.78, 5) is 0. The lowest BCUT2D eigenvalue weighted by Gasteiger charge is -2.46. The van der Waals surface area contributed by atoms with Gasteiger partial charge in [-0.05, 0) is 56.2 Å². The van der Waals surface area contributed by atoms with Crippen molar-refractivity contribution in [3.05, 3.63) is 71.8 Å². The van der Waals surface area contributed by atoms with Crippen LogP contribution in [0.2, 0.25) is 0 Å². The van der Waals surface area contributed by atoms with E-state index in [4.69, 9.17) is 9.47 Å². The third kappa shape index (κ3) is 5.78. The van der Waals surface area contributed by atoms with Crippen LogP contribution in [0.4, 0.5) is 0 Å². The quantitative estimate of drug-likeness (QED) is 0.240. The third-order valence-corrected chi connectivity index (χ3v) is 5.70. The van der Waals surface area contributed by atoms with Gasteiger partial charge in [-0.25, -0.2) is 0 Å². The summed E-state index contributed by atoms with van der Waals surface area (Å²) in [6.07, 6.45) is -6.16. The summed E-state index contributed by atoms with van der Waals surface area (Å²) in [5.41, 5.74) is -4.11. The Hall–Kier alpha value is -2.46. The SMILES string of the molecule is C=C(C)CC(O)(c1cccc(OCC)c1)[C@@H](O)[C@@](O)(c1cccc(OCC)c1)[C@H](O)[C@@H](O)CO. The van der Waals surface area contributed by atoms with Gasteiger partial charge in [-0.15, -0.1) is 6.58 Å². The molecule has 2 aromatic carbocycles. The number of benzene rings is 2. The molecule has 0 saturated carbocycles. The molecule has 0 saturated heterocycles. The molecular formula is C26H36O8. The minimum atomic E-state index is -2.62. The minimum absolute atomic E-state index is 0.0212. The van der Waals surface area contributed by atoms with Crippen LogP contribution in [0.5, 0.6) is 11.5 Å². The largest absolute Gasteiger partial charge is 0.494 e. The minimum Gasteiger partial charge on any atom is -0.494 e. The Morgan fingerprint density at radius 2 is 1.41 bits per heavy atom. The van der Waals surface area contributed by atoms with E-state index in [-0.39, 0.29) is 17.5 Å². The van der Waals surface area contributed by atoms with Crippen molar-refractivity contribution in [3.8, 4) is 11.5 Å². The molecule has 34 heavy (non-hydrogen) atoms. The van der Waals surface area contributed by atoms with Crippen LogP contribution in [-0.4, -0.2) is 68.8 Å². The van der Waals surface area contributed by atoms with Gasteiger partial charge >= 0.3 is 0 Å². The Morgan fingerprint density at radius 3 is 1.88 bits per heavy atom. The van der Waals surface area contributed by atoms with Crippen LogP contribution in [-0.2, 0) is 11.2 Å². The lowest BCUT2D eigenvalue weighted by molar-refractivity contribution is -0.238. The van der Waals surface area contributed by atoms with Gasteiger partial charge in [0.25, 0.3) is 0 Å². The topological polar surface area (TPSA) is 140 Å². The van der Waals surface area contributed by atoms with E-state index >= 15 is 0 Å². The maximum absolute atomic E-state index is 11.9. The molecule has 8 heteroatoms. The van der Waals surface area contributed by atoms with Crippen molar-refractivity contribution in [2.45, 2.75) is 56.7 Å². The molecule has 6 N–H and O–H groups in total. The second-order valence-electron chi connectivity index (χ2n) is 8.40. The molecule has 0 amide bonds. The normalized spacial score (nSPS) is 17.7. The first-order valence-electron chi connectivity index (χ1n) is 11.2. The van der Waals surface area contributed by atoms with Crippen LogP contribution in [0, 0.1) is 0 Å². The van der Waals surface area contributed by atoms with Gasteiger partial charge < -0.3 is 40.1 Å². The first-order chi connectivity index (χ1) is 16.0. The van der Waals surface area contributed by atoms with E-state index in [9.17, 15) is 30.6 Å². The first-order valence-corrected chi connectivity index (χ1v) is 11.2. The summed E-state index contributed by atoms with van der Waals surface area (Å²) in [7, 11) is 0. The van der Waals surface area contributed by atoms with Gasteiger partial charge in [0.05, 0.1) is 19.8 Å². The third-order valence-electron chi connectivity index (χ3n) is 5.70. The summed E-state index contributed by atoms with van der Waals surface area (Å²) >= 11 is 0. The molecule has 8 nitrogen and oxygen atoms in total. The van der Waals surface area contributed by atoms with E-state index in [1.807, 2.05) is 0 Å². The van der Waals surface area contributed by atoms with Gasteiger partial charge in [0.15, 0.2) is 0 Å². The summed E-state index contributed by atoms with van der Waals surface area (Å²) in [6.45, 7) is 8.88. The van der Waals surface area contributed by atoms with Crippen LogP contribution in [0.15, 0.2) is 60.7 Å². The Labute approximate surface area is 200 Å². The van der Waals surface area contributed by atoms with E-state index in [1.54, 1.807) is 51.1 Å². The van der Waals surface area contributed by atoms with E-state index in [1.165, 1.54) is 18.2 Å². The van der Waals surface area contributed by atoms with Crippen molar-refractivity contribution in [2.24, 2.45) is 0 Å². The summed E-state index contributed by atoms with van der Waals surface area (Å²) in [5.74, 6) is 0.781. The molecule has 2 rings (SSSR count). The second-order valence-corrected chi connectivity index (χ2v) is 8.40. The van der Waals surface area contributed by atoms with Crippen LogP contribution < -0.4 is 9.47 Å². The molecule has 0 bridgehead atoms. The summed E-state index contributed by atoms with van der Waals surface area (Å²) < 4.78 is 11.0. The highest BCUT2D eigenvalue weighted by Gasteiger charge is 2.56. The Kier molecular flexibility index (Phi) is 9.64. The standard InChI is InChI=1S/C26H36O8/c1-5-33-20-11-7-9-18(13-20)25(31,15-17(3)4)24(30)26(32,23(29)22(28)16-27)19-10-8-12-21(14-19)34-6-2/h7-14,22-24,27-32H,3,5-6,15-16H2,1-2,4H3/t22-,23+,24+,25?,26+/m0/s1. The highest BCUT2D eigenvalue weighted by Crippen LogP contribution is 2.44. The molecule has 0 aliphatic heterocycles. The molecule has 0 spiro atoms. The molecule has 2 aromatic rings. The van der Waals surface area contributed by atoms with Crippen molar-refractivity contribution in [1.82, 2.24) is 0 Å². The van der Waals surface area contributed by atoms with Crippen LogP contribution >= 0.6 is 0 Å². The Morgan fingerprint density at radius 1 is 0.912 bits per heavy atom. The van der Waals surface area contributed by atoms with Crippen molar-refractivity contribution in [1.29, 1.82) is 0 Å². The predicted octanol–water partition coefficient (Wildman–Crippen LogP) is 1.60. The number of aliphatic hydroxyl groups excluding tert-OH is 4. The molecule has 5 atom stereocenters. The fourth-order valence-corrected chi connectivity index (χ4v) is 4.09. The van der Waals surface area contributed by atoms with Gasteiger partial charge in [-0.2, -0.15) is 0 Å². The fourth-order valence-electron chi connectivity index (χ4n) is 4.09. The van der Waals surface area contributed by atoms with Gasteiger partial charge in [0.2, 0.25) is 0 Å². The molecule has 0 aliphatic rings. The van der Waals surface area contributed by atoms with Gasteiger partial charge in [-0.1, -0.05) is 29.8 Å². The van der Waals surface area contributed by atoms with Gasteiger partial charge in [-0.3, -0.25) is 0 Å². The lowest BCUT2D eigenvalue weighted by Crippen LogP contribution is -2.61. The monoisotopic (exact) mass is 476 g/mol. The zero-order valence-electron chi connectivity index (χ0n) is 19.9. The number of hydrogen-bond acceptors (Lipinski definition) is 8. The average Bonchev–Trinajstić information content (AvgIpc) is 2.82. The average molecular weight is 477 g/mol. The number of rotatable bonds is 13. The summed E-state index contributed by atoms with van der Waals surface area (Å²) in [6, 6.07) is 12.4. The molecule has 0 heterocycles. The van der Waals surface area contributed by atoms with Crippen molar-refractivity contribution >= 4 is 0 Å². The van der Waals surface area contributed by atoms with Gasteiger partial charge in [0.1, 0.15) is 41.0 Å². The molecule has 0 fully saturated rings. The first kappa shape index (κ1) is 27.8. The highest BCUT2D eigenvalue weighted by molar-refractivity contribution is 5.39. The maximum Gasteiger partial charge on any atom is 0.147 e.